The molecule has 0 saturated heterocycles. The molecule has 0 aliphatic carbocycles. The first-order valence-corrected chi connectivity index (χ1v) is 12.3. The minimum atomic E-state index is -1.98. The number of amides is 1. The van der Waals surface area contributed by atoms with Crippen LogP contribution >= 0.6 is 0 Å². The molecule has 158 valence electrons. The molecule has 0 heterocycles. The van der Waals surface area contributed by atoms with E-state index >= 15 is 0 Å². The van der Waals surface area contributed by atoms with E-state index in [1.54, 1.807) is 33.9 Å². The van der Waals surface area contributed by atoms with Crippen LogP contribution < -0.4 is 0 Å². The Balaban J connectivity index is 3.09. The SMILES string of the molecule is CN(Cc1cc([N+](=O)[O-])ccc1CO[Si](C)(C)C(C)(C)C)C(=O)OC(C)(C)C. The number of ether oxygens (including phenoxy) is 1. The van der Waals surface area contributed by atoms with Crippen molar-refractivity contribution in [2.45, 2.75) is 78.4 Å². The van der Waals surface area contributed by atoms with E-state index in [1.807, 2.05) is 0 Å². The van der Waals surface area contributed by atoms with Crippen LogP contribution in [-0.2, 0) is 22.3 Å². The second kappa shape index (κ2) is 8.61. The molecule has 0 unspecified atom stereocenters. The Morgan fingerprint density at radius 2 is 1.71 bits per heavy atom. The maximum Gasteiger partial charge on any atom is 0.410 e. The highest BCUT2D eigenvalue weighted by molar-refractivity contribution is 6.74. The fourth-order valence-corrected chi connectivity index (χ4v) is 3.10. The number of hydrogen-bond donors (Lipinski definition) is 0. The highest BCUT2D eigenvalue weighted by Gasteiger charge is 2.37. The summed E-state index contributed by atoms with van der Waals surface area (Å²) in [6.45, 7) is 16.7. The zero-order valence-corrected chi connectivity index (χ0v) is 19.6. The molecule has 0 spiro atoms. The molecular weight excluding hydrogens is 376 g/mol. The minimum absolute atomic E-state index is 0.0105. The molecule has 0 radical (unpaired) electrons. The molecule has 0 fully saturated rings. The van der Waals surface area contributed by atoms with Crippen LogP contribution in [0.25, 0.3) is 0 Å². The van der Waals surface area contributed by atoms with Crippen molar-refractivity contribution in [1.29, 1.82) is 0 Å². The highest BCUT2D eigenvalue weighted by atomic mass is 28.4. The number of nitro benzene ring substituents is 1. The van der Waals surface area contributed by atoms with Gasteiger partial charge in [0.2, 0.25) is 0 Å². The number of non-ortho nitro benzene ring substituents is 1. The fraction of sp³-hybridized carbons (Fsp3) is 0.650. The number of hydrogen-bond acceptors (Lipinski definition) is 5. The van der Waals surface area contributed by atoms with Crippen LogP contribution in [-0.4, -0.2) is 36.9 Å². The Labute approximate surface area is 169 Å². The van der Waals surface area contributed by atoms with Crippen molar-refractivity contribution in [1.82, 2.24) is 4.90 Å². The zero-order chi connectivity index (χ0) is 21.9. The van der Waals surface area contributed by atoms with Crippen molar-refractivity contribution >= 4 is 20.1 Å². The van der Waals surface area contributed by atoms with Gasteiger partial charge in [0.25, 0.3) is 5.69 Å². The Morgan fingerprint density at radius 3 is 2.18 bits per heavy atom. The standard InChI is InChI=1S/C20H34N2O5Si/c1-19(2,3)27-18(23)21(7)13-16-12-17(22(24)25)11-10-15(16)14-26-28(8,9)20(4,5)6/h10-12H,13-14H2,1-9H3. The number of rotatable bonds is 6. The third kappa shape index (κ3) is 6.90. The van der Waals surface area contributed by atoms with Crippen LogP contribution in [0.5, 0.6) is 0 Å². The second-order valence-corrected chi connectivity index (χ2v) is 14.4. The topological polar surface area (TPSA) is 81.9 Å². The van der Waals surface area contributed by atoms with Crippen LogP contribution in [0.15, 0.2) is 18.2 Å². The van der Waals surface area contributed by atoms with E-state index in [4.69, 9.17) is 9.16 Å². The molecule has 7 nitrogen and oxygen atoms in total. The second-order valence-electron chi connectivity index (χ2n) is 9.60. The molecule has 28 heavy (non-hydrogen) atoms. The van der Waals surface area contributed by atoms with Gasteiger partial charge in [0.05, 0.1) is 11.5 Å². The maximum absolute atomic E-state index is 12.3. The highest BCUT2D eigenvalue weighted by Crippen LogP contribution is 2.37. The van der Waals surface area contributed by atoms with Crippen molar-refractivity contribution in [2.75, 3.05) is 7.05 Å². The summed E-state index contributed by atoms with van der Waals surface area (Å²) in [7, 11) is -0.362. The van der Waals surface area contributed by atoms with E-state index in [0.29, 0.717) is 12.2 Å². The van der Waals surface area contributed by atoms with Gasteiger partial charge in [-0.1, -0.05) is 20.8 Å². The van der Waals surface area contributed by atoms with Crippen LogP contribution in [0.1, 0.15) is 52.7 Å². The average Bonchev–Trinajstić information content (AvgIpc) is 2.50. The van der Waals surface area contributed by atoms with Crippen LogP contribution in [0.2, 0.25) is 18.1 Å². The van der Waals surface area contributed by atoms with Gasteiger partial charge in [-0.25, -0.2) is 4.79 Å². The zero-order valence-electron chi connectivity index (χ0n) is 18.6. The van der Waals surface area contributed by atoms with Gasteiger partial charge in [0.15, 0.2) is 8.32 Å². The van der Waals surface area contributed by atoms with Crippen molar-refractivity contribution in [2.24, 2.45) is 0 Å². The molecule has 1 amide bonds. The molecule has 1 aromatic rings. The van der Waals surface area contributed by atoms with Gasteiger partial charge in [-0.3, -0.25) is 10.1 Å². The summed E-state index contributed by atoms with van der Waals surface area (Å²) in [5.74, 6) is 0. The van der Waals surface area contributed by atoms with Crippen LogP contribution in [0, 0.1) is 10.1 Å². The molecule has 0 bridgehead atoms. The largest absolute Gasteiger partial charge is 0.444 e. The van der Waals surface area contributed by atoms with Gasteiger partial charge in [-0.05, 0) is 56.1 Å². The summed E-state index contributed by atoms with van der Waals surface area (Å²) in [6.07, 6.45) is -0.477. The number of nitrogens with zero attached hydrogens (tertiary/aromatic N) is 2. The monoisotopic (exact) mass is 410 g/mol. The average molecular weight is 411 g/mol. The smallest absolute Gasteiger partial charge is 0.410 e. The normalized spacial score (nSPS) is 12.6. The Kier molecular flexibility index (Phi) is 7.41. The first-order valence-electron chi connectivity index (χ1n) is 9.38. The summed E-state index contributed by atoms with van der Waals surface area (Å²) in [5, 5.41) is 11.3. The van der Waals surface area contributed by atoms with E-state index in [1.165, 1.54) is 17.0 Å². The van der Waals surface area contributed by atoms with E-state index in [9.17, 15) is 14.9 Å². The van der Waals surface area contributed by atoms with E-state index in [0.717, 1.165) is 5.56 Å². The van der Waals surface area contributed by atoms with Gasteiger partial charge in [-0.15, -0.1) is 0 Å². The van der Waals surface area contributed by atoms with Gasteiger partial charge in [-0.2, -0.15) is 0 Å². The van der Waals surface area contributed by atoms with E-state index in [2.05, 4.69) is 33.9 Å². The molecule has 0 aliphatic heterocycles. The molecule has 8 heteroatoms. The Hall–Kier alpha value is -1.93. The van der Waals surface area contributed by atoms with Crippen molar-refractivity contribution < 1.29 is 18.9 Å². The first kappa shape index (κ1) is 24.1. The number of carbonyl (C=O) groups excluding carboxylic acids is 1. The molecule has 1 rings (SSSR count). The molecule has 0 aliphatic rings. The molecule has 0 saturated carbocycles. The Bertz CT molecular complexity index is 720. The Morgan fingerprint density at radius 1 is 1.14 bits per heavy atom. The van der Waals surface area contributed by atoms with Gasteiger partial charge in [0, 0.05) is 25.7 Å². The van der Waals surface area contributed by atoms with Crippen LogP contribution in [0.3, 0.4) is 0 Å². The van der Waals surface area contributed by atoms with E-state index < -0.39 is 24.9 Å². The lowest BCUT2D eigenvalue weighted by Crippen LogP contribution is -2.40. The van der Waals surface area contributed by atoms with E-state index in [-0.39, 0.29) is 17.3 Å². The lowest BCUT2D eigenvalue weighted by Gasteiger charge is -2.36. The molecule has 0 atom stereocenters. The molecular formula is C20H34N2O5Si. The summed E-state index contributed by atoms with van der Waals surface area (Å²) < 4.78 is 11.7. The summed E-state index contributed by atoms with van der Waals surface area (Å²) in [5.41, 5.74) is 0.901. The predicted molar refractivity (Wildman–Crippen MR) is 113 cm³/mol. The quantitative estimate of drug-likeness (QED) is 0.352. The van der Waals surface area contributed by atoms with Crippen molar-refractivity contribution in [3.63, 3.8) is 0 Å². The summed E-state index contributed by atoms with van der Waals surface area (Å²) in [6, 6.07) is 4.69. The van der Waals surface area contributed by atoms with Crippen LogP contribution in [0.4, 0.5) is 10.5 Å². The molecule has 0 aromatic heterocycles. The summed E-state index contributed by atoms with van der Waals surface area (Å²) >= 11 is 0. The molecule has 1 aromatic carbocycles. The lowest BCUT2D eigenvalue weighted by atomic mass is 10.1. The third-order valence-corrected chi connectivity index (χ3v) is 9.39. The lowest BCUT2D eigenvalue weighted by molar-refractivity contribution is -0.384. The fourth-order valence-electron chi connectivity index (χ4n) is 2.15. The summed E-state index contributed by atoms with van der Waals surface area (Å²) in [4.78, 5) is 24.5. The number of carbonyl (C=O) groups is 1. The minimum Gasteiger partial charge on any atom is -0.444 e. The van der Waals surface area contributed by atoms with Gasteiger partial charge >= 0.3 is 6.09 Å². The first-order chi connectivity index (χ1) is 12.5. The van der Waals surface area contributed by atoms with Crippen molar-refractivity contribution in [3.05, 3.63) is 39.4 Å². The number of benzene rings is 1. The predicted octanol–water partition coefficient (Wildman–Crippen LogP) is 5.48. The van der Waals surface area contributed by atoms with Gasteiger partial charge in [0.1, 0.15) is 5.60 Å². The maximum atomic E-state index is 12.3. The molecule has 0 N–H and O–H groups in total. The number of nitro groups is 1. The third-order valence-electron chi connectivity index (χ3n) is 4.91. The van der Waals surface area contributed by atoms with Gasteiger partial charge < -0.3 is 14.1 Å². The van der Waals surface area contributed by atoms with Crippen molar-refractivity contribution in [3.8, 4) is 0 Å².